The lowest BCUT2D eigenvalue weighted by Gasteiger charge is -2.07. The van der Waals surface area contributed by atoms with Gasteiger partial charge >= 0.3 is 0 Å². The lowest BCUT2D eigenvalue weighted by Crippen LogP contribution is -1.93. The topological polar surface area (TPSA) is 45.2 Å². The summed E-state index contributed by atoms with van der Waals surface area (Å²) in [5.74, 6) is 0.591. The number of aromatic amines is 1. The predicted octanol–water partition coefficient (Wildman–Crippen LogP) is 4.11. The Balaban J connectivity index is 2.02. The van der Waals surface area contributed by atoms with Crippen molar-refractivity contribution < 1.29 is 9.84 Å². The van der Waals surface area contributed by atoms with Gasteiger partial charge < -0.3 is 14.8 Å². The molecule has 2 N–H and O–H groups in total. The van der Waals surface area contributed by atoms with Crippen molar-refractivity contribution in [3.63, 3.8) is 0 Å². The largest absolute Gasteiger partial charge is 0.504 e. The average Bonchev–Trinajstić information content (AvgIpc) is 2.90. The van der Waals surface area contributed by atoms with Crippen molar-refractivity contribution in [3.8, 4) is 22.8 Å². The van der Waals surface area contributed by atoms with Gasteiger partial charge in [-0.15, -0.1) is 0 Å². The van der Waals surface area contributed by atoms with E-state index in [0.717, 1.165) is 22.2 Å². The number of ether oxygens (including phenoxy) is 1. The SMILES string of the molecule is C=CCOc1cc(-c2cc3ccccc3[nH]2)ccc1O. The summed E-state index contributed by atoms with van der Waals surface area (Å²) in [5, 5.41) is 10.9. The summed E-state index contributed by atoms with van der Waals surface area (Å²) in [6, 6.07) is 15.5. The van der Waals surface area contributed by atoms with E-state index in [1.165, 1.54) is 0 Å². The predicted molar refractivity (Wildman–Crippen MR) is 81.1 cm³/mol. The molecule has 0 aliphatic heterocycles. The first-order chi connectivity index (χ1) is 9.78. The third kappa shape index (κ3) is 2.26. The van der Waals surface area contributed by atoms with Crippen LogP contribution in [0.4, 0.5) is 0 Å². The fraction of sp³-hybridized carbons (Fsp3) is 0.0588. The van der Waals surface area contributed by atoms with Crippen LogP contribution in [0.1, 0.15) is 0 Å². The maximum atomic E-state index is 9.78. The zero-order chi connectivity index (χ0) is 13.9. The number of fused-ring (bicyclic) bond motifs is 1. The van der Waals surface area contributed by atoms with Gasteiger partial charge in [0, 0.05) is 22.2 Å². The highest BCUT2D eigenvalue weighted by Gasteiger charge is 2.07. The fourth-order valence-electron chi connectivity index (χ4n) is 2.17. The van der Waals surface area contributed by atoms with E-state index in [1.807, 2.05) is 30.3 Å². The minimum absolute atomic E-state index is 0.131. The number of nitrogens with one attached hydrogen (secondary N) is 1. The molecule has 0 atom stereocenters. The van der Waals surface area contributed by atoms with Crippen molar-refractivity contribution in [2.24, 2.45) is 0 Å². The number of para-hydroxylation sites is 1. The number of aromatic hydroxyl groups is 1. The van der Waals surface area contributed by atoms with Gasteiger partial charge in [-0.25, -0.2) is 0 Å². The van der Waals surface area contributed by atoms with Gasteiger partial charge in [0.2, 0.25) is 0 Å². The van der Waals surface area contributed by atoms with Crippen LogP contribution in [0, 0.1) is 0 Å². The summed E-state index contributed by atoms with van der Waals surface area (Å²) in [4.78, 5) is 3.36. The smallest absolute Gasteiger partial charge is 0.162 e. The number of phenolic OH excluding ortho intramolecular Hbond substituents is 1. The standard InChI is InChI=1S/C17H15NO2/c1-2-9-20-17-11-13(7-8-16(17)19)15-10-12-5-3-4-6-14(12)18-15/h2-8,10-11,18-19H,1,9H2. The molecule has 20 heavy (non-hydrogen) atoms. The Kier molecular flexibility index (Phi) is 3.17. The molecule has 100 valence electrons. The molecule has 3 aromatic rings. The molecule has 1 aromatic heterocycles. The zero-order valence-corrected chi connectivity index (χ0v) is 11.0. The third-order valence-electron chi connectivity index (χ3n) is 3.16. The van der Waals surface area contributed by atoms with Gasteiger partial charge in [-0.2, -0.15) is 0 Å². The normalized spacial score (nSPS) is 10.6. The van der Waals surface area contributed by atoms with Crippen LogP contribution in [0.15, 0.2) is 61.2 Å². The minimum atomic E-state index is 0.131. The van der Waals surface area contributed by atoms with E-state index in [2.05, 4.69) is 23.7 Å². The van der Waals surface area contributed by atoms with Crippen LogP contribution < -0.4 is 4.74 Å². The molecule has 3 rings (SSSR count). The quantitative estimate of drug-likeness (QED) is 0.697. The Morgan fingerprint density at radius 2 is 2.00 bits per heavy atom. The number of benzene rings is 2. The number of hydrogen-bond acceptors (Lipinski definition) is 2. The second-order valence-electron chi connectivity index (χ2n) is 4.55. The lowest BCUT2D eigenvalue weighted by molar-refractivity contribution is 0.336. The van der Waals surface area contributed by atoms with Crippen molar-refractivity contribution in [2.75, 3.05) is 6.61 Å². The van der Waals surface area contributed by atoms with Gasteiger partial charge in [0.05, 0.1) is 0 Å². The van der Waals surface area contributed by atoms with Gasteiger partial charge in [-0.05, 0) is 30.3 Å². The Labute approximate surface area is 117 Å². The van der Waals surface area contributed by atoms with Crippen LogP contribution in [-0.4, -0.2) is 16.7 Å². The van der Waals surface area contributed by atoms with E-state index >= 15 is 0 Å². The molecule has 0 amide bonds. The van der Waals surface area contributed by atoms with Crippen molar-refractivity contribution >= 4 is 10.9 Å². The van der Waals surface area contributed by atoms with Crippen LogP contribution in [0.5, 0.6) is 11.5 Å². The maximum absolute atomic E-state index is 9.78. The first kappa shape index (κ1) is 12.4. The molecule has 0 radical (unpaired) electrons. The van der Waals surface area contributed by atoms with E-state index in [4.69, 9.17) is 4.74 Å². The van der Waals surface area contributed by atoms with E-state index in [-0.39, 0.29) is 5.75 Å². The van der Waals surface area contributed by atoms with E-state index in [1.54, 1.807) is 12.1 Å². The van der Waals surface area contributed by atoms with Crippen LogP contribution in [0.25, 0.3) is 22.2 Å². The van der Waals surface area contributed by atoms with E-state index in [0.29, 0.717) is 12.4 Å². The summed E-state index contributed by atoms with van der Waals surface area (Å²) in [6.07, 6.45) is 1.65. The van der Waals surface area contributed by atoms with Crippen molar-refractivity contribution in [1.82, 2.24) is 4.98 Å². The molecule has 0 unspecified atom stereocenters. The number of rotatable bonds is 4. The summed E-state index contributed by atoms with van der Waals surface area (Å²) in [7, 11) is 0. The van der Waals surface area contributed by atoms with Crippen molar-refractivity contribution in [1.29, 1.82) is 0 Å². The van der Waals surface area contributed by atoms with Crippen LogP contribution >= 0.6 is 0 Å². The highest BCUT2D eigenvalue weighted by Crippen LogP contribution is 2.32. The zero-order valence-electron chi connectivity index (χ0n) is 11.0. The second kappa shape index (κ2) is 5.13. The highest BCUT2D eigenvalue weighted by atomic mass is 16.5. The molecule has 0 bridgehead atoms. The maximum Gasteiger partial charge on any atom is 0.162 e. The molecule has 0 spiro atoms. The molecule has 0 fully saturated rings. The van der Waals surface area contributed by atoms with Gasteiger partial charge in [0.25, 0.3) is 0 Å². The first-order valence-electron chi connectivity index (χ1n) is 6.43. The second-order valence-corrected chi connectivity index (χ2v) is 4.55. The van der Waals surface area contributed by atoms with Crippen LogP contribution in [0.2, 0.25) is 0 Å². The Morgan fingerprint density at radius 3 is 2.80 bits per heavy atom. The van der Waals surface area contributed by atoms with Gasteiger partial charge in [-0.1, -0.05) is 30.9 Å². The van der Waals surface area contributed by atoms with Gasteiger partial charge in [0.15, 0.2) is 11.5 Å². The van der Waals surface area contributed by atoms with E-state index < -0.39 is 0 Å². The van der Waals surface area contributed by atoms with Crippen molar-refractivity contribution in [3.05, 3.63) is 61.2 Å². The molecule has 1 heterocycles. The van der Waals surface area contributed by atoms with E-state index in [9.17, 15) is 5.11 Å². The number of aromatic nitrogens is 1. The molecule has 0 aliphatic carbocycles. The Morgan fingerprint density at radius 1 is 1.15 bits per heavy atom. The number of H-pyrrole nitrogens is 1. The highest BCUT2D eigenvalue weighted by molar-refractivity contribution is 5.86. The molecule has 2 aromatic carbocycles. The number of hydrogen-bond donors (Lipinski definition) is 2. The molecule has 3 nitrogen and oxygen atoms in total. The van der Waals surface area contributed by atoms with Gasteiger partial charge in [0.1, 0.15) is 6.61 Å². The Bertz CT molecular complexity index is 726. The van der Waals surface area contributed by atoms with Crippen LogP contribution in [-0.2, 0) is 0 Å². The number of phenols is 1. The summed E-state index contributed by atoms with van der Waals surface area (Å²) in [5.41, 5.74) is 3.05. The van der Waals surface area contributed by atoms with Crippen LogP contribution in [0.3, 0.4) is 0 Å². The molecule has 0 saturated carbocycles. The minimum Gasteiger partial charge on any atom is -0.504 e. The van der Waals surface area contributed by atoms with Crippen molar-refractivity contribution in [2.45, 2.75) is 0 Å². The lowest BCUT2D eigenvalue weighted by atomic mass is 10.1. The summed E-state index contributed by atoms with van der Waals surface area (Å²) in [6.45, 7) is 3.97. The monoisotopic (exact) mass is 265 g/mol. The summed E-state index contributed by atoms with van der Waals surface area (Å²) >= 11 is 0. The Hall–Kier alpha value is -2.68. The first-order valence-corrected chi connectivity index (χ1v) is 6.43. The molecule has 3 heteroatoms. The summed E-state index contributed by atoms with van der Waals surface area (Å²) < 4.78 is 5.44. The fourth-order valence-corrected chi connectivity index (χ4v) is 2.17. The molecular weight excluding hydrogens is 250 g/mol. The van der Waals surface area contributed by atoms with Gasteiger partial charge in [-0.3, -0.25) is 0 Å². The average molecular weight is 265 g/mol. The molecule has 0 saturated heterocycles. The third-order valence-corrected chi connectivity index (χ3v) is 3.16. The molecular formula is C17H15NO2. The molecule has 0 aliphatic rings.